The highest BCUT2D eigenvalue weighted by molar-refractivity contribution is 7.54. The Kier molecular flexibility index (Phi) is 8.47. The lowest BCUT2D eigenvalue weighted by Gasteiger charge is -2.30. The monoisotopic (exact) mass is 398 g/mol. The molecule has 0 N–H and O–H groups in total. The van der Waals surface area contributed by atoms with E-state index in [0.717, 1.165) is 0 Å². The van der Waals surface area contributed by atoms with Gasteiger partial charge >= 0.3 is 19.5 Å². The predicted octanol–water partition coefficient (Wildman–Crippen LogP) is 4.65. The van der Waals surface area contributed by atoms with Gasteiger partial charge in [0, 0.05) is 5.41 Å². The first kappa shape index (κ1) is 25.0. The third kappa shape index (κ3) is 8.14. The largest absolute Gasteiger partial charge is 0.438 e. The van der Waals surface area contributed by atoms with Crippen molar-refractivity contribution in [2.45, 2.75) is 68.2 Å². The summed E-state index contributed by atoms with van der Waals surface area (Å²) in [6.07, 6.45) is 0. The molecule has 0 aliphatic rings. The van der Waals surface area contributed by atoms with E-state index in [9.17, 15) is 18.5 Å². The van der Waals surface area contributed by atoms with Gasteiger partial charge < -0.3 is 9.47 Å². The van der Waals surface area contributed by atoms with E-state index in [1.165, 1.54) is 20.8 Å². The van der Waals surface area contributed by atoms with Crippen LogP contribution in [0.1, 0.15) is 62.3 Å². The zero-order chi connectivity index (χ0) is 21.0. The Balaban J connectivity index is 5.02. The van der Waals surface area contributed by atoms with Crippen molar-refractivity contribution in [2.24, 2.45) is 16.2 Å². The number of esters is 2. The average Bonchev–Trinajstić information content (AvgIpc) is 2.43. The summed E-state index contributed by atoms with van der Waals surface area (Å²) < 4.78 is 47.2. The summed E-state index contributed by atoms with van der Waals surface area (Å²) in [7, 11) is -4.37. The maximum Gasteiger partial charge on any atom is 0.370 e. The molecule has 0 bridgehead atoms. The van der Waals surface area contributed by atoms with E-state index in [-0.39, 0.29) is 0 Å². The van der Waals surface area contributed by atoms with Gasteiger partial charge in [-0.15, -0.1) is 0 Å². The molecule has 0 radical (unpaired) electrons. The van der Waals surface area contributed by atoms with Gasteiger partial charge in [0.2, 0.25) is 19.5 Å². The number of carbonyl (C=O) groups excluding carboxylic acids is 2. The van der Waals surface area contributed by atoms with Crippen LogP contribution in [0.3, 0.4) is 0 Å². The molecule has 0 aromatic carbocycles. The van der Waals surface area contributed by atoms with Gasteiger partial charge in [-0.05, 0) is 41.5 Å². The van der Waals surface area contributed by atoms with Crippen molar-refractivity contribution in [3.63, 3.8) is 0 Å². The van der Waals surface area contributed by atoms with Crippen molar-refractivity contribution < 1.29 is 37.1 Å². The Hall–Kier alpha value is -0.980. The molecule has 0 rings (SSSR count). The smallest absolute Gasteiger partial charge is 0.370 e. The predicted molar refractivity (Wildman–Crippen MR) is 95.0 cm³/mol. The summed E-state index contributed by atoms with van der Waals surface area (Å²) in [5.74, 6) is -3.22. The van der Waals surface area contributed by atoms with Crippen LogP contribution in [0.4, 0.5) is 4.39 Å². The normalized spacial score (nSPS) is 14.7. The van der Waals surface area contributed by atoms with Crippen LogP contribution < -0.4 is 0 Å². The van der Waals surface area contributed by atoms with Crippen molar-refractivity contribution in [3.05, 3.63) is 0 Å². The van der Waals surface area contributed by atoms with Gasteiger partial charge in [0.1, 0.15) is 0 Å². The molecule has 1 unspecified atom stereocenters. The Bertz CT molecular complexity index is 505. The van der Waals surface area contributed by atoms with Crippen LogP contribution >= 0.6 is 7.60 Å². The molecule has 0 saturated heterocycles. The van der Waals surface area contributed by atoms with E-state index in [1.807, 2.05) is 0 Å². The highest BCUT2D eigenvalue weighted by Crippen LogP contribution is 2.59. The van der Waals surface area contributed by atoms with Crippen LogP contribution in [-0.4, -0.2) is 31.4 Å². The number of ether oxygens (including phenoxy) is 2. The lowest BCUT2D eigenvalue weighted by Crippen LogP contribution is -2.28. The van der Waals surface area contributed by atoms with E-state index < -0.39 is 55.3 Å². The second-order valence-electron chi connectivity index (χ2n) is 9.10. The molecule has 0 saturated carbocycles. The zero-order valence-electron chi connectivity index (χ0n) is 17.2. The topological polar surface area (TPSA) is 88.1 Å². The molecule has 26 heavy (non-hydrogen) atoms. The Morgan fingerprint density at radius 2 is 1.12 bits per heavy atom. The summed E-state index contributed by atoms with van der Waals surface area (Å²) in [4.78, 5) is 23.5. The Morgan fingerprint density at radius 1 is 0.808 bits per heavy atom. The molecular weight excluding hydrogens is 366 g/mol. The lowest BCUT2D eigenvalue weighted by atomic mass is 9.98. The molecule has 1 atom stereocenters. The Labute approximate surface area is 155 Å². The van der Waals surface area contributed by atoms with Crippen LogP contribution in [0, 0.1) is 16.2 Å². The van der Waals surface area contributed by atoms with Crippen molar-refractivity contribution in [1.29, 1.82) is 0 Å². The standard InChI is InChI=1S/C17H32FO7P/c1-15(2,3)12(18)26(21,24-10-22-13(19)16(4,5)6)25-11-23-14(20)17(7,8)9/h12H,10-11H2,1-9H3. The molecule has 0 spiro atoms. The molecule has 154 valence electrons. The highest BCUT2D eigenvalue weighted by Gasteiger charge is 2.45. The molecule has 0 heterocycles. The molecule has 0 amide bonds. The van der Waals surface area contributed by atoms with Gasteiger partial charge in [0.05, 0.1) is 10.8 Å². The number of halogens is 1. The fourth-order valence-corrected chi connectivity index (χ4v) is 3.07. The maximum atomic E-state index is 14.7. The molecule has 0 aromatic rings. The van der Waals surface area contributed by atoms with Crippen LogP contribution in [0.5, 0.6) is 0 Å². The van der Waals surface area contributed by atoms with E-state index in [0.29, 0.717) is 0 Å². The summed E-state index contributed by atoms with van der Waals surface area (Å²) >= 11 is 0. The second kappa shape index (κ2) is 8.81. The summed E-state index contributed by atoms with van der Waals surface area (Å²) in [6, 6.07) is 0. The number of hydrogen-bond acceptors (Lipinski definition) is 7. The van der Waals surface area contributed by atoms with Crippen LogP contribution in [0.25, 0.3) is 0 Å². The number of carbonyl (C=O) groups is 2. The third-order valence-electron chi connectivity index (χ3n) is 3.06. The average molecular weight is 398 g/mol. The van der Waals surface area contributed by atoms with Crippen LogP contribution in [0.2, 0.25) is 0 Å². The number of rotatable bonds is 7. The number of hydrogen-bond donors (Lipinski definition) is 0. The fourth-order valence-electron chi connectivity index (χ4n) is 1.38. The van der Waals surface area contributed by atoms with Crippen LogP contribution in [0.15, 0.2) is 0 Å². The Morgan fingerprint density at radius 3 is 1.35 bits per heavy atom. The van der Waals surface area contributed by atoms with Gasteiger partial charge in [-0.3, -0.25) is 23.2 Å². The highest BCUT2D eigenvalue weighted by atomic mass is 31.2. The molecule has 7 nitrogen and oxygen atoms in total. The van der Waals surface area contributed by atoms with Gasteiger partial charge in [-0.1, -0.05) is 20.8 Å². The van der Waals surface area contributed by atoms with E-state index in [4.69, 9.17) is 18.5 Å². The quantitative estimate of drug-likeness (QED) is 0.350. The van der Waals surface area contributed by atoms with Crippen LogP contribution in [-0.2, 0) is 32.7 Å². The minimum atomic E-state index is -4.37. The molecule has 0 fully saturated rings. The third-order valence-corrected chi connectivity index (χ3v) is 5.32. The minimum absolute atomic E-state index is 0.602. The lowest BCUT2D eigenvalue weighted by molar-refractivity contribution is -0.162. The zero-order valence-corrected chi connectivity index (χ0v) is 18.1. The van der Waals surface area contributed by atoms with E-state index in [2.05, 4.69) is 0 Å². The van der Waals surface area contributed by atoms with Crippen molar-refractivity contribution in [2.75, 3.05) is 13.6 Å². The van der Waals surface area contributed by atoms with Gasteiger partial charge in [-0.25, -0.2) is 4.39 Å². The summed E-state index contributed by atoms with van der Waals surface area (Å²) in [5.41, 5.74) is -2.66. The van der Waals surface area contributed by atoms with Crippen molar-refractivity contribution in [1.82, 2.24) is 0 Å². The number of alkyl halides is 1. The van der Waals surface area contributed by atoms with Crippen molar-refractivity contribution >= 4 is 19.5 Å². The molecular formula is C17H32FO7P. The van der Waals surface area contributed by atoms with E-state index in [1.54, 1.807) is 41.5 Å². The molecule has 9 heteroatoms. The molecule has 0 aromatic heterocycles. The molecule has 0 aliphatic heterocycles. The summed E-state index contributed by atoms with van der Waals surface area (Å²) in [6.45, 7) is 12.8. The van der Waals surface area contributed by atoms with E-state index >= 15 is 0 Å². The minimum Gasteiger partial charge on any atom is -0.438 e. The SMILES string of the molecule is CC(C)(C)C(=O)OCOP(=O)(OCOC(=O)C(C)(C)C)C(F)C(C)(C)C. The maximum absolute atomic E-state index is 14.7. The van der Waals surface area contributed by atoms with Gasteiger partial charge in [0.25, 0.3) is 0 Å². The molecule has 0 aliphatic carbocycles. The fraction of sp³-hybridized carbons (Fsp3) is 0.882. The first-order valence-electron chi connectivity index (χ1n) is 8.28. The second-order valence-corrected chi connectivity index (χ2v) is 11.1. The van der Waals surface area contributed by atoms with Gasteiger partial charge in [0.15, 0.2) is 0 Å². The summed E-state index contributed by atoms with van der Waals surface area (Å²) in [5, 5.41) is 0. The first-order chi connectivity index (χ1) is 11.4. The van der Waals surface area contributed by atoms with Gasteiger partial charge in [-0.2, -0.15) is 0 Å². The van der Waals surface area contributed by atoms with Crippen molar-refractivity contribution in [3.8, 4) is 0 Å². The first-order valence-corrected chi connectivity index (χ1v) is 9.90.